The minimum Gasteiger partial charge on any atom is -0.328 e. The summed E-state index contributed by atoms with van der Waals surface area (Å²) in [4.78, 5) is 4.50. The zero-order valence-corrected chi connectivity index (χ0v) is 7.85. The summed E-state index contributed by atoms with van der Waals surface area (Å²) in [6.45, 7) is 1.06. The molecule has 0 amide bonds. The number of aryl methyl sites for hydroxylation is 2. The third kappa shape index (κ3) is 0.999. The zero-order valence-electron chi connectivity index (χ0n) is 7.85. The summed E-state index contributed by atoms with van der Waals surface area (Å²) in [5.74, 6) is 1.15. The van der Waals surface area contributed by atoms with Gasteiger partial charge in [0.05, 0.1) is 5.52 Å². The molecule has 0 spiro atoms. The molecule has 4 heteroatoms. The average Bonchev–Trinajstić information content (AvgIpc) is 2.54. The van der Waals surface area contributed by atoms with Crippen molar-refractivity contribution in [3.05, 3.63) is 24.3 Å². The van der Waals surface area contributed by atoms with Gasteiger partial charge in [-0.05, 0) is 12.8 Å². The van der Waals surface area contributed by atoms with Crippen LogP contribution in [0.25, 0.3) is 11.0 Å². The molecular weight excluding hydrogens is 178 g/mol. The monoisotopic (exact) mass is 190 g/mol. The molecule has 2 aromatic heterocycles. The van der Waals surface area contributed by atoms with Gasteiger partial charge in [0.1, 0.15) is 5.82 Å². The number of nitrogens with zero attached hydrogens (tertiary/aromatic N) is 3. The van der Waals surface area contributed by atoms with Crippen molar-refractivity contribution in [3.63, 3.8) is 0 Å². The van der Waals surface area contributed by atoms with Crippen molar-refractivity contribution >= 4 is 11.0 Å². The predicted molar refractivity (Wildman–Crippen MR) is 50.1 cm³/mol. The van der Waals surface area contributed by atoms with E-state index >= 15 is 0 Å². The van der Waals surface area contributed by atoms with Crippen LogP contribution in [0.1, 0.15) is 18.7 Å². The molecule has 0 unspecified atom stereocenters. The van der Waals surface area contributed by atoms with Crippen molar-refractivity contribution in [1.82, 2.24) is 9.55 Å². The Morgan fingerprint density at radius 2 is 2.36 bits per heavy atom. The molecule has 0 fully saturated rings. The Balaban J connectivity index is 2.31. The third-order valence-electron chi connectivity index (χ3n) is 2.79. The molecule has 0 aromatic carbocycles. The maximum absolute atomic E-state index is 9.26. The first-order valence-corrected chi connectivity index (χ1v) is 4.94. The zero-order chi connectivity index (χ0) is 9.54. The lowest BCUT2D eigenvalue weighted by molar-refractivity contribution is -0.904. The molecule has 2 aromatic rings. The van der Waals surface area contributed by atoms with E-state index in [1.165, 1.54) is 12.8 Å². The molecule has 0 saturated heterocycles. The second kappa shape index (κ2) is 2.70. The van der Waals surface area contributed by atoms with Crippen LogP contribution >= 0.6 is 0 Å². The SMILES string of the molecule is O[n+]1ccc2c(c1)nc1n2CCCC1. The average molecular weight is 190 g/mol. The van der Waals surface area contributed by atoms with Gasteiger partial charge in [-0.3, -0.25) is 5.21 Å². The maximum Gasteiger partial charge on any atom is 0.249 e. The first-order chi connectivity index (χ1) is 6.84. The van der Waals surface area contributed by atoms with Crippen LogP contribution in [0.4, 0.5) is 0 Å². The number of fused-ring (bicyclic) bond motifs is 3. The van der Waals surface area contributed by atoms with Crippen LogP contribution in [0.15, 0.2) is 18.5 Å². The van der Waals surface area contributed by atoms with Gasteiger partial charge in [0.25, 0.3) is 0 Å². The summed E-state index contributed by atoms with van der Waals surface area (Å²) >= 11 is 0. The van der Waals surface area contributed by atoms with E-state index in [1.807, 2.05) is 6.07 Å². The van der Waals surface area contributed by atoms with Crippen LogP contribution in [0.2, 0.25) is 0 Å². The van der Waals surface area contributed by atoms with Crippen LogP contribution in [0.3, 0.4) is 0 Å². The first kappa shape index (κ1) is 7.79. The minimum atomic E-state index is 0.881. The highest BCUT2D eigenvalue weighted by atomic mass is 16.5. The van der Waals surface area contributed by atoms with Gasteiger partial charge in [-0.25, -0.2) is 4.98 Å². The minimum absolute atomic E-state index is 0.881. The van der Waals surface area contributed by atoms with Crippen molar-refractivity contribution in [2.75, 3.05) is 0 Å². The van der Waals surface area contributed by atoms with Crippen molar-refractivity contribution in [2.45, 2.75) is 25.8 Å². The van der Waals surface area contributed by atoms with Crippen LogP contribution < -0.4 is 4.73 Å². The quantitative estimate of drug-likeness (QED) is 0.495. The van der Waals surface area contributed by atoms with E-state index in [9.17, 15) is 5.21 Å². The molecule has 0 radical (unpaired) electrons. The number of rotatable bonds is 0. The lowest BCUT2D eigenvalue weighted by atomic mass is 10.2. The molecule has 0 saturated carbocycles. The molecule has 0 bridgehead atoms. The van der Waals surface area contributed by atoms with E-state index in [1.54, 1.807) is 12.4 Å². The van der Waals surface area contributed by atoms with Gasteiger partial charge in [-0.2, -0.15) is 0 Å². The molecule has 14 heavy (non-hydrogen) atoms. The second-order valence-electron chi connectivity index (χ2n) is 3.73. The highest BCUT2D eigenvalue weighted by Crippen LogP contribution is 2.20. The molecule has 72 valence electrons. The third-order valence-corrected chi connectivity index (χ3v) is 2.79. The molecule has 3 heterocycles. The van der Waals surface area contributed by atoms with E-state index in [0.717, 1.165) is 34.6 Å². The number of hydrogen-bond donors (Lipinski definition) is 1. The fourth-order valence-electron chi connectivity index (χ4n) is 2.11. The van der Waals surface area contributed by atoms with Gasteiger partial charge in [-0.1, -0.05) is 0 Å². The van der Waals surface area contributed by atoms with Crippen molar-refractivity contribution < 1.29 is 9.94 Å². The summed E-state index contributed by atoms with van der Waals surface area (Å²) in [5, 5.41) is 9.26. The largest absolute Gasteiger partial charge is 0.328 e. The van der Waals surface area contributed by atoms with Crippen molar-refractivity contribution in [2.24, 2.45) is 0 Å². The first-order valence-electron chi connectivity index (χ1n) is 4.94. The van der Waals surface area contributed by atoms with Crippen LogP contribution in [-0.2, 0) is 13.0 Å². The van der Waals surface area contributed by atoms with Gasteiger partial charge in [0.2, 0.25) is 12.4 Å². The van der Waals surface area contributed by atoms with E-state index < -0.39 is 0 Å². The Labute approximate surface area is 81.4 Å². The summed E-state index contributed by atoms with van der Waals surface area (Å²) in [5.41, 5.74) is 2.01. The Hall–Kier alpha value is -1.58. The van der Waals surface area contributed by atoms with Gasteiger partial charge < -0.3 is 4.57 Å². The van der Waals surface area contributed by atoms with Gasteiger partial charge in [0, 0.05) is 23.8 Å². The lowest BCUT2D eigenvalue weighted by Gasteiger charge is -2.13. The number of pyridine rings is 1. The summed E-state index contributed by atoms with van der Waals surface area (Å²) in [7, 11) is 0. The normalized spacial score (nSPS) is 15.7. The van der Waals surface area contributed by atoms with E-state index in [0.29, 0.717) is 0 Å². The fraction of sp³-hybridized carbons (Fsp3) is 0.400. The molecule has 1 aliphatic heterocycles. The Morgan fingerprint density at radius 1 is 1.43 bits per heavy atom. The molecule has 1 N–H and O–H groups in total. The molecule has 0 aliphatic carbocycles. The number of hydrogen-bond acceptors (Lipinski definition) is 2. The predicted octanol–water partition coefficient (Wildman–Crippen LogP) is 0.897. The van der Waals surface area contributed by atoms with Crippen LogP contribution in [0, 0.1) is 0 Å². The summed E-state index contributed by atoms with van der Waals surface area (Å²) < 4.78 is 3.31. The molecule has 3 rings (SSSR count). The van der Waals surface area contributed by atoms with Crippen molar-refractivity contribution in [1.29, 1.82) is 0 Å². The molecule has 1 aliphatic rings. The molecular formula is C10H12N3O+. The van der Waals surface area contributed by atoms with Gasteiger partial charge in [0.15, 0.2) is 5.52 Å². The lowest BCUT2D eigenvalue weighted by Crippen LogP contribution is -2.28. The van der Waals surface area contributed by atoms with Crippen molar-refractivity contribution in [3.8, 4) is 0 Å². The molecule has 0 atom stereocenters. The van der Waals surface area contributed by atoms with Gasteiger partial charge >= 0.3 is 0 Å². The van der Waals surface area contributed by atoms with Crippen LogP contribution in [0.5, 0.6) is 0 Å². The Bertz CT molecular complexity index is 489. The standard InChI is InChI=1S/C10H12N3O/c14-12-6-4-9-8(7-12)11-10-3-1-2-5-13(9)10/h4,6-7,14H,1-3,5H2/q+1. The summed E-state index contributed by atoms with van der Waals surface area (Å²) in [6, 6.07) is 1.91. The maximum atomic E-state index is 9.26. The second-order valence-corrected chi connectivity index (χ2v) is 3.73. The topological polar surface area (TPSA) is 41.9 Å². The number of imidazole rings is 1. The smallest absolute Gasteiger partial charge is 0.249 e. The highest BCUT2D eigenvalue weighted by Gasteiger charge is 2.16. The van der Waals surface area contributed by atoms with Gasteiger partial charge in [-0.15, -0.1) is 0 Å². The highest BCUT2D eigenvalue weighted by molar-refractivity contribution is 5.73. The fourth-order valence-corrected chi connectivity index (χ4v) is 2.11. The Kier molecular flexibility index (Phi) is 1.50. The molecule has 4 nitrogen and oxygen atoms in total. The Morgan fingerprint density at radius 3 is 3.29 bits per heavy atom. The summed E-state index contributed by atoms with van der Waals surface area (Å²) in [6.07, 6.45) is 6.81. The van der Waals surface area contributed by atoms with E-state index in [-0.39, 0.29) is 0 Å². The van der Waals surface area contributed by atoms with Crippen LogP contribution in [-0.4, -0.2) is 14.8 Å². The van der Waals surface area contributed by atoms with E-state index in [4.69, 9.17) is 0 Å². The van der Waals surface area contributed by atoms with E-state index in [2.05, 4.69) is 9.55 Å². The number of aromatic nitrogens is 3.